The van der Waals surface area contributed by atoms with Gasteiger partial charge in [0.25, 0.3) is 5.91 Å². The van der Waals surface area contributed by atoms with Crippen molar-refractivity contribution in [2.45, 2.75) is 13.3 Å². The number of H-pyrrole nitrogens is 1. The van der Waals surface area contributed by atoms with Crippen LogP contribution in [-0.2, 0) is 6.42 Å². The first-order chi connectivity index (χ1) is 10.6. The van der Waals surface area contributed by atoms with Gasteiger partial charge in [0.2, 0.25) is 0 Å². The third kappa shape index (κ3) is 2.01. The Hall–Kier alpha value is -1.96. The van der Waals surface area contributed by atoms with Crippen LogP contribution in [-0.4, -0.2) is 27.4 Å². The average Bonchev–Trinajstić information content (AvgIpc) is 2.85. The molecule has 4 heterocycles. The first-order valence-corrected chi connectivity index (χ1v) is 8.14. The molecule has 0 radical (unpaired) electrons. The number of aromatic nitrogens is 3. The fraction of sp³-hybridized carbons (Fsp3) is 0.188. The van der Waals surface area contributed by atoms with E-state index in [2.05, 4.69) is 42.9 Å². The lowest BCUT2D eigenvalue weighted by Gasteiger charge is -2.11. The van der Waals surface area contributed by atoms with Gasteiger partial charge in [-0.05, 0) is 47.7 Å². The standard InChI is InChI=1S/C16H13IN4O/c1-8-2-3-11-14(20-8)9(4-6-18-11)15-13(17)12-10(21-15)5-7-19-16(12)22/h2-4,6,21H,5,7H2,1H3,(H,19,22). The Balaban J connectivity index is 2.00. The number of hydrogen-bond donors (Lipinski definition) is 2. The van der Waals surface area contributed by atoms with Crippen molar-refractivity contribution in [3.8, 4) is 11.3 Å². The van der Waals surface area contributed by atoms with Gasteiger partial charge in [0, 0.05) is 36.1 Å². The summed E-state index contributed by atoms with van der Waals surface area (Å²) in [4.78, 5) is 24.5. The molecule has 5 nitrogen and oxygen atoms in total. The van der Waals surface area contributed by atoms with Crippen LogP contribution in [0.15, 0.2) is 24.4 Å². The molecule has 0 aliphatic carbocycles. The smallest absolute Gasteiger partial charge is 0.254 e. The average molecular weight is 404 g/mol. The number of aromatic amines is 1. The van der Waals surface area contributed by atoms with Crippen molar-refractivity contribution in [1.82, 2.24) is 20.3 Å². The summed E-state index contributed by atoms with van der Waals surface area (Å²) < 4.78 is 0.945. The fourth-order valence-corrected chi connectivity index (χ4v) is 3.85. The highest BCUT2D eigenvalue weighted by atomic mass is 127. The van der Waals surface area contributed by atoms with Gasteiger partial charge in [-0.2, -0.15) is 0 Å². The van der Waals surface area contributed by atoms with Crippen LogP contribution in [0, 0.1) is 10.5 Å². The highest BCUT2D eigenvalue weighted by Gasteiger charge is 2.26. The van der Waals surface area contributed by atoms with Gasteiger partial charge >= 0.3 is 0 Å². The third-order valence-electron chi connectivity index (χ3n) is 3.90. The van der Waals surface area contributed by atoms with Crippen LogP contribution in [0.1, 0.15) is 21.7 Å². The molecule has 0 spiro atoms. The lowest BCUT2D eigenvalue weighted by atomic mass is 10.1. The summed E-state index contributed by atoms with van der Waals surface area (Å²) >= 11 is 2.24. The quantitative estimate of drug-likeness (QED) is 0.613. The Kier molecular flexibility index (Phi) is 3.14. The first-order valence-electron chi connectivity index (χ1n) is 7.06. The molecule has 0 aromatic carbocycles. The summed E-state index contributed by atoms with van der Waals surface area (Å²) in [5, 5.41) is 2.90. The number of rotatable bonds is 1. The van der Waals surface area contributed by atoms with E-state index in [1.54, 1.807) is 6.20 Å². The predicted octanol–water partition coefficient (Wildman–Crippen LogP) is 2.82. The molecule has 22 heavy (non-hydrogen) atoms. The Labute approximate surface area is 140 Å². The molecule has 6 heteroatoms. The maximum absolute atomic E-state index is 12.1. The zero-order valence-electron chi connectivity index (χ0n) is 11.9. The molecule has 0 saturated heterocycles. The largest absolute Gasteiger partial charge is 0.357 e. The minimum atomic E-state index is -0.00403. The fourth-order valence-electron chi connectivity index (χ4n) is 2.85. The van der Waals surface area contributed by atoms with Crippen LogP contribution in [0.2, 0.25) is 0 Å². The van der Waals surface area contributed by atoms with Crippen LogP contribution in [0.25, 0.3) is 22.3 Å². The number of hydrogen-bond acceptors (Lipinski definition) is 3. The number of fused-ring (bicyclic) bond motifs is 2. The molecule has 0 fully saturated rings. The molecule has 4 rings (SSSR count). The normalized spacial score (nSPS) is 14.0. The molecule has 2 N–H and O–H groups in total. The molecule has 0 atom stereocenters. The van der Waals surface area contributed by atoms with Gasteiger partial charge in [-0.15, -0.1) is 0 Å². The van der Waals surface area contributed by atoms with Crippen molar-refractivity contribution in [3.63, 3.8) is 0 Å². The lowest BCUT2D eigenvalue weighted by Crippen LogP contribution is -2.31. The monoisotopic (exact) mass is 404 g/mol. The molecule has 1 amide bonds. The van der Waals surface area contributed by atoms with E-state index >= 15 is 0 Å². The van der Waals surface area contributed by atoms with E-state index in [0.29, 0.717) is 6.54 Å². The van der Waals surface area contributed by atoms with Gasteiger partial charge in [-0.25, -0.2) is 0 Å². The summed E-state index contributed by atoms with van der Waals surface area (Å²) in [6.07, 6.45) is 2.61. The summed E-state index contributed by atoms with van der Waals surface area (Å²) in [6.45, 7) is 2.64. The van der Waals surface area contributed by atoms with E-state index in [0.717, 1.165) is 49.2 Å². The van der Waals surface area contributed by atoms with Gasteiger partial charge in [0.1, 0.15) is 0 Å². The topological polar surface area (TPSA) is 70.7 Å². The molecule has 3 aromatic heterocycles. The van der Waals surface area contributed by atoms with Crippen LogP contribution >= 0.6 is 22.6 Å². The molecule has 0 saturated carbocycles. The van der Waals surface area contributed by atoms with Crippen LogP contribution in [0.5, 0.6) is 0 Å². The minimum absolute atomic E-state index is 0.00403. The highest BCUT2D eigenvalue weighted by Crippen LogP contribution is 2.34. The van der Waals surface area contributed by atoms with Gasteiger partial charge in [0.05, 0.1) is 25.9 Å². The zero-order valence-corrected chi connectivity index (χ0v) is 14.1. The number of carbonyl (C=O) groups is 1. The molecule has 0 unspecified atom stereocenters. The minimum Gasteiger partial charge on any atom is -0.357 e. The summed E-state index contributed by atoms with van der Waals surface area (Å²) in [5.74, 6) is -0.00403. The van der Waals surface area contributed by atoms with Crippen LogP contribution in [0.3, 0.4) is 0 Å². The predicted molar refractivity (Wildman–Crippen MR) is 92.8 cm³/mol. The molecule has 3 aromatic rings. The van der Waals surface area contributed by atoms with Crippen molar-refractivity contribution >= 4 is 39.5 Å². The maximum Gasteiger partial charge on any atom is 0.254 e. The Bertz CT molecular complexity index is 916. The van der Waals surface area contributed by atoms with Crippen molar-refractivity contribution in [2.75, 3.05) is 6.54 Å². The van der Waals surface area contributed by atoms with E-state index in [9.17, 15) is 4.79 Å². The molecular formula is C16H13IN4O. The lowest BCUT2D eigenvalue weighted by molar-refractivity contribution is 0.0945. The molecule has 110 valence electrons. The van der Waals surface area contributed by atoms with E-state index in [1.165, 1.54) is 0 Å². The summed E-state index contributed by atoms with van der Waals surface area (Å²) in [5.41, 5.74) is 6.37. The number of amides is 1. The number of aryl methyl sites for hydroxylation is 1. The van der Waals surface area contributed by atoms with Crippen molar-refractivity contribution in [1.29, 1.82) is 0 Å². The Morgan fingerprint density at radius 3 is 2.95 bits per heavy atom. The first kappa shape index (κ1) is 13.7. The second-order valence-electron chi connectivity index (χ2n) is 5.35. The highest BCUT2D eigenvalue weighted by molar-refractivity contribution is 14.1. The number of carbonyl (C=O) groups excluding carboxylic acids is 1. The maximum atomic E-state index is 12.1. The van der Waals surface area contributed by atoms with Gasteiger partial charge in [-0.1, -0.05) is 0 Å². The second kappa shape index (κ2) is 5.05. The van der Waals surface area contributed by atoms with Gasteiger partial charge in [0.15, 0.2) is 0 Å². The summed E-state index contributed by atoms with van der Waals surface area (Å²) in [7, 11) is 0. The molecular weight excluding hydrogens is 391 g/mol. The van der Waals surface area contributed by atoms with Gasteiger partial charge < -0.3 is 10.3 Å². The summed E-state index contributed by atoms with van der Waals surface area (Å²) in [6, 6.07) is 5.88. The second-order valence-corrected chi connectivity index (χ2v) is 6.43. The van der Waals surface area contributed by atoms with Crippen LogP contribution in [0.4, 0.5) is 0 Å². The van der Waals surface area contributed by atoms with E-state index in [1.807, 2.05) is 25.1 Å². The third-order valence-corrected chi connectivity index (χ3v) is 4.98. The van der Waals surface area contributed by atoms with E-state index in [-0.39, 0.29) is 5.91 Å². The molecule has 0 bridgehead atoms. The SMILES string of the molecule is Cc1ccc2nccc(-c3[nH]c4c(c3I)C(=O)NCC4)c2n1. The zero-order chi connectivity index (χ0) is 15.3. The van der Waals surface area contributed by atoms with Crippen molar-refractivity contribution in [3.05, 3.63) is 44.9 Å². The van der Waals surface area contributed by atoms with E-state index < -0.39 is 0 Å². The molecule has 1 aliphatic rings. The number of nitrogens with zero attached hydrogens (tertiary/aromatic N) is 2. The van der Waals surface area contributed by atoms with Crippen LogP contribution < -0.4 is 5.32 Å². The van der Waals surface area contributed by atoms with Crippen molar-refractivity contribution < 1.29 is 4.79 Å². The van der Waals surface area contributed by atoms with Gasteiger partial charge in [-0.3, -0.25) is 14.8 Å². The Morgan fingerprint density at radius 2 is 2.14 bits per heavy atom. The Morgan fingerprint density at radius 1 is 1.27 bits per heavy atom. The number of pyridine rings is 2. The molecule has 1 aliphatic heterocycles. The van der Waals surface area contributed by atoms with Crippen molar-refractivity contribution in [2.24, 2.45) is 0 Å². The number of halogens is 1. The van der Waals surface area contributed by atoms with E-state index in [4.69, 9.17) is 0 Å². The number of nitrogens with one attached hydrogen (secondary N) is 2.